The van der Waals surface area contributed by atoms with Crippen molar-refractivity contribution in [2.24, 2.45) is 5.41 Å². The molecule has 1 saturated heterocycles. The number of carbonyl (C=O) groups excluding carboxylic acids is 3. The van der Waals surface area contributed by atoms with Crippen LogP contribution in [0.5, 0.6) is 0 Å². The van der Waals surface area contributed by atoms with Gasteiger partial charge in [-0.25, -0.2) is 0 Å². The molecule has 1 aromatic heterocycles. The van der Waals surface area contributed by atoms with Gasteiger partial charge >= 0.3 is 0 Å². The number of aromatic amines is 1. The van der Waals surface area contributed by atoms with Crippen molar-refractivity contribution in [2.75, 3.05) is 16.8 Å². The monoisotopic (exact) mass is 379 g/mol. The fourth-order valence-corrected chi connectivity index (χ4v) is 4.30. The van der Waals surface area contributed by atoms with E-state index in [9.17, 15) is 14.4 Å². The van der Waals surface area contributed by atoms with Gasteiger partial charge in [-0.3, -0.25) is 14.4 Å². The highest BCUT2D eigenvalue weighted by Gasteiger charge is 2.35. The Kier molecular flexibility index (Phi) is 4.37. The standard InChI is InChI=1S/C22H25N3O3/c1-13-19-16(11-22(2,3)12-17(19)26)24-20(13)21(28)23-14-6-8-15(9-7-14)25-10-4-5-18(25)27/h6-9,24H,4-5,10-12H2,1-3H3,(H,23,28). The van der Waals surface area contributed by atoms with Gasteiger partial charge in [0.25, 0.3) is 5.91 Å². The fraction of sp³-hybridized carbons (Fsp3) is 0.409. The molecular weight excluding hydrogens is 354 g/mol. The topological polar surface area (TPSA) is 82.3 Å². The summed E-state index contributed by atoms with van der Waals surface area (Å²) < 4.78 is 0. The van der Waals surface area contributed by atoms with E-state index in [1.54, 1.807) is 17.0 Å². The summed E-state index contributed by atoms with van der Waals surface area (Å²) in [6.07, 6.45) is 2.71. The van der Waals surface area contributed by atoms with Crippen LogP contribution in [0.3, 0.4) is 0 Å². The van der Waals surface area contributed by atoms with E-state index in [2.05, 4.69) is 24.1 Å². The summed E-state index contributed by atoms with van der Waals surface area (Å²) in [5.41, 5.74) is 4.08. The lowest BCUT2D eigenvalue weighted by Gasteiger charge is -2.28. The minimum Gasteiger partial charge on any atom is -0.354 e. The molecule has 28 heavy (non-hydrogen) atoms. The van der Waals surface area contributed by atoms with Crippen molar-refractivity contribution in [1.29, 1.82) is 0 Å². The molecule has 1 aliphatic heterocycles. The first-order chi connectivity index (χ1) is 13.2. The maximum atomic E-state index is 12.8. The second-order valence-electron chi connectivity index (χ2n) is 8.57. The summed E-state index contributed by atoms with van der Waals surface area (Å²) in [6.45, 7) is 6.69. The van der Waals surface area contributed by atoms with Crippen LogP contribution in [0.25, 0.3) is 0 Å². The smallest absolute Gasteiger partial charge is 0.272 e. The fourth-order valence-electron chi connectivity index (χ4n) is 4.30. The molecule has 2 N–H and O–H groups in total. The van der Waals surface area contributed by atoms with Gasteiger partial charge in [-0.15, -0.1) is 0 Å². The van der Waals surface area contributed by atoms with E-state index >= 15 is 0 Å². The van der Waals surface area contributed by atoms with Crippen LogP contribution in [0.4, 0.5) is 11.4 Å². The van der Waals surface area contributed by atoms with Gasteiger partial charge in [0.1, 0.15) is 5.69 Å². The minimum absolute atomic E-state index is 0.0960. The largest absolute Gasteiger partial charge is 0.354 e. The molecular formula is C22H25N3O3. The molecule has 0 atom stereocenters. The number of Topliss-reactive ketones (excluding diaryl/α,β-unsaturated/α-hetero) is 1. The van der Waals surface area contributed by atoms with Crippen LogP contribution in [0.2, 0.25) is 0 Å². The summed E-state index contributed by atoms with van der Waals surface area (Å²) in [6, 6.07) is 7.28. The van der Waals surface area contributed by atoms with Crippen molar-refractivity contribution < 1.29 is 14.4 Å². The van der Waals surface area contributed by atoms with E-state index in [4.69, 9.17) is 0 Å². The lowest BCUT2D eigenvalue weighted by Crippen LogP contribution is -2.26. The van der Waals surface area contributed by atoms with Crippen molar-refractivity contribution in [3.8, 4) is 0 Å². The predicted octanol–water partition coefficient (Wildman–Crippen LogP) is 3.86. The summed E-state index contributed by atoms with van der Waals surface area (Å²) in [4.78, 5) is 42.1. The van der Waals surface area contributed by atoms with Crippen molar-refractivity contribution in [3.63, 3.8) is 0 Å². The Bertz CT molecular complexity index is 970. The van der Waals surface area contributed by atoms with Crippen LogP contribution >= 0.6 is 0 Å². The van der Waals surface area contributed by atoms with Crippen molar-refractivity contribution in [3.05, 3.63) is 46.8 Å². The van der Waals surface area contributed by atoms with E-state index in [-0.39, 0.29) is 23.0 Å². The molecule has 2 aromatic rings. The third-order valence-corrected chi connectivity index (χ3v) is 5.64. The summed E-state index contributed by atoms with van der Waals surface area (Å²) >= 11 is 0. The lowest BCUT2D eigenvalue weighted by atomic mass is 9.75. The predicted molar refractivity (Wildman–Crippen MR) is 108 cm³/mol. The summed E-state index contributed by atoms with van der Waals surface area (Å²) in [5, 5.41) is 2.89. The third kappa shape index (κ3) is 3.23. The van der Waals surface area contributed by atoms with Gasteiger partial charge in [0.15, 0.2) is 5.78 Å². The molecule has 0 saturated carbocycles. The van der Waals surface area contributed by atoms with Gasteiger partial charge in [0.2, 0.25) is 5.91 Å². The highest BCUT2D eigenvalue weighted by molar-refractivity contribution is 6.08. The third-order valence-electron chi connectivity index (χ3n) is 5.64. The summed E-state index contributed by atoms with van der Waals surface area (Å²) in [7, 11) is 0. The normalized spacial score (nSPS) is 18.3. The first-order valence-electron chi connectivity index (χ1n) is 9.71. The number of H-pyrrole nitrogens is 1. The average molecular weight is 379 g/mol. The van der Waals surface area contributed by atoms with Crippen molar-refractivity contribution >= 4 is 29.0 Å². The van der Waals surface area contributed by atoms with E-state index in [0.29, 0.717) is 35.3 Å². The minimum atomic E-state index is -0.262. The van der Waals surface area contributed by atoms with Gasteiger partial charge in [-0.1, -0.05) is 13.8 Å². The Hall–Kier alpha value is -2.89. The molecule has 1 aromatic carbocycles. The molecule has 2 amide bonds. The van der Waals surface area contributed by atoms with E-state index in [1.807, 2.05) is 19.1 Å². The van der Waals surface area contributed by atoms with Gasteiger partial charge in [-0.2, -0.15) is 0 Å². The lowest BCUT2D eigenvalue weighted by molar-refractivity contribution is -0.117. The Morgan fingerprint density at radius 3 is 2.50 bits per heavy atom. The van der Waals surface area contributed by atoms with E-state index < -0.39 is 0 Å². The molecule has 146 valence electrons. The number of fused-ring (bicyclic) bond motifs is 1. The molecule has 0 radical (unpaired) electrons. The number of anilines is 2. The first kappa shape index (κ1) is 18.5. The van der Waals surface area contributed by atoms with Gasteiger partial charge < -0.3 is 15.2 Å². The Labute approximate surface area is 164 Å². The maximum absolute atomic E-state index is 12.8. The van der Waals surface area contributed by atoms with Crippen LogP contribution in [-0.2, 0) is 11.2 Å². The molecule has 6 heteroatoms. The number of nitrogens with zero attached hydrogens (tertiary/aromatic N) is 1. The number of nitrogens with one attached hydrogen (secondary N) is 2. The number of amides is 2. The molecule has 2 aliphatic rings. The molecule has 0 unspecified atom stereocenters. The number of aromatic nitrogens is 1. The summed E-state index contributed by atoms with van der Waals surface area (Å²) in [5.74, 6) is -0.0295. The molecule has 4 rings (SSSR count). The molecule has 0 spiro atoms. The average Bonchev–Trinajstić information content (AvgIpc) is 3.18. The zero-order chi connectivity index (χ0) is 20.1. The van der Waals surface area contributed by atoms with Crippen LogP contribution in [0.15, 0.2) is 24.3 Å². The quantitative estimate of drug-likeness (QED) is 0.850. The number of hydrogen-bond acceptors (Lipinski definition) is 3. The second kappa shape index (κ2) is 6.62. The Morgan fingerprint density at radius 1 is 1.14 bits per heavy atom. The molecule has 6 nitrogen and oxygen atoms in total. The molecule has 2 heterocycles. The zero-order valence-corrected chi connectivity index (χ0v) is 16.5. The highest BCUT2D eigenvalue weighted by atomic mass is 16.2. The zero-order valence-electron chi connectivity index (χ0n) is 16.5. The van der Waals surface area contributed by atoms with Gasteiger partial charge in [0, 0.05) is 42.0 Å². The van der Waals surface area contributed by atoms with E-state index in [1.165, 1.54) is 0 Å². The second-order valence-corrected chi connectivity index (χ2v) is 8.57. The SMILES string of the molecule is Cc1c(C(=O)Nc2ccc(N3CCCC3=O)cc2)[nH]c2c1C(=O)CC(C)(C)C2. The van der Waals surface area contributed by atoms with Crippen LogP contribution < -0.4 is 10.2 Å². The maximum Gasteiger partial charge on any atom is 0.272 e. The van der Waals surface area contributed by atoms with Crippen molar-refractivity contribution in [1.82, 2.24) is 4.98 Å². The number of carbonyl (C=O) groups is 3. The molecule has 0 bridgehead atoms. The number of benzene rings is 1. The van der Waals surface area contributed by atoms with Gasteiger partial charge in [-0.05, 0) is 55.0 Å². The van der Waals surface area contributed by atoms with Crippen molar-refractivity contribution in [2.45, 2.75) is 46.5 Å². The van der Waals surface area contributed by atoms with E-state index in [0.717, 1.165) is 30.8 Å². The Morgan fingerprint density at radius 2 is 1.86 bits per heavy atom. The van der Waals surface area contributed by atoms with Crippen LogP contribution in [0.1, 0.15) is 65.2 Å². The number of ketones is 1. The Balaban J connectivity index is 1.53. The highest BCUT2D eigenvalue weighted by Crippen LogP contribution is 2.36. The molecule has 1 fully saturated rings. The molecule has 1 aliphatic carbocycles. The van der Waals surface area contributed by atoms with Crippen LogP contribution in [0, 0.1) is 12.3 Å². The number of rotatable bonds is 3. The first-order valence-corrected chi connectivity index (χ1v) is 9.71. The van der Waals surface area contributed by atoms with Gasteiger partial charge in [0.05, 0.1) is 0 Å². The van der Waals surface area contributed by atoms with Crippen LogP contribution in [-0.4, -0.2) is 29.1 Å². The number of hydrogen-bond donors (Lipinski definition) is 2.